The van der Waals surface area contributed by atoms with Crippen molar-refractivity contribution in [3.63, 3.8) is 0 Å². The lowest BCUT2D eigenvalue weighted by molar-refractivity contribution is 0.0956. The van der Waals surface area contributed by atoms with Gasteiger partial charge in [-0.3, -0.25) is 14.5 Å². The van der Waals surface area contributed by atoms with Gasteiger partial charge in [0.25, 0.3) is 5.91 Å². The molecule has 0 unspecified atom stereocenters. The molecule has 6 heteroatoms. The van der Waals surface area contributed by atoms with Crippen molar-refractivity contribution in [1.29, 1.82) is 0 Å². The highest BCUT2D eigenvalue weighted by Gasteiger charge is 2.26. The second-order valence-electron chi connectivity index (χ2n) is 6.43. The van der Waals surface area contributed by atoms with Crippen molar-refractivity contribution in [2.75, 3.05) is 0 Å². The molecule has 3 aromatic rings. The molecule has 1 amide bonds. The Morgan fingerprint density at radius 2 is 2.16 bits per heavy atom. The second-order valence-corrected chi connectivity index (χ2v) is 6.43. The van der Waals surface area contributed by atoms with Gasteiger partial charge in [0.15, 0.2) is 0 Å². The Balaban J connectivity index is 1.62. The Morgan fingerprint density at radius 3 is 2.88 bits per heavy atom. The van der Waals surface area contributed by atoms with Crippen molar-refractivity contribution >= 4 is 23.0 Å². The van der Waals surface area contributed by atoms with Crippen molar-refractivity contribution in [3.05, 3.63) is 59.0 Å². The van der Waals surface area contributed by atoms with Crippen LogP contribution >= 0.6 is 0 Å². The number of carbonyl (C=O) groups is 1. The predicted molar refractivity (Wildman–Crippen MR) is 96.7 cm³/mol. The monoisotopic (exact) mass is 333 g/mol. The molecule has 0 spiro atoms. The number of nitrogens with zero attached hydrogens (tertiary/aromatic N) is 4. The number of hydrogen-bond acceptors (Lipinski definition) is 4. The molecule has 1 aliphatic carbocycles. The van der Waals surface area contributed by atoms with E-state index in [4.69, 9.17) is 4.98 Å². The highest BCUT2D eigenvalue weighted by molar-refractivity contribution is 6.06. The van der Waals surface area contributed by atoms with Gasteiger partial charge in [-0.05, 0) is 31.9 Å². The van der Waals surface area contributed by atoms with E-state index >= 15 is 0 Å². The zero-order valence-corrected chi connectivity index (χ0v) is 14.2. The number of amides is 1. The summed E-state index contributed by atoms with van der Waals surface area (Å²) in [5.41, 5.74) is 6.84. The molecule has 1 fully saturated rings. The molecule has 25 heavy (non-hydrogen) atoms. The molecular weight excluding hydrogens is 314 g/mol. The van der Waals surface area contributed by atoms with Gasteiger partial charge in [-0.1, -0.05) is 18.2 Å². The van der Waals surface area contributed by atoms with Crippen LogP contribution in [0.15, 0.2) is 41.6 Å². The third-order valence-electron chi connectivity index (χ3n) is 4.40. The number of hydrogen-bond donors (Lipinski definition) is 1. The van der Waals surface area contributed by atoms with E-state index in [1.54, 1.807) is 10.9 Å². The number of rotatable bonds is 4. The minimum Gasteiger partial charge on any atom is -0.275 e. The fourth-order valence-corrected chi connectivity index (χ4v) is 2.94. The highest BCUT2D eigenvalue weighted by Crippen LogP contribution is 2.40. The highest BCUT2D eigenvalue weighted by atomic mass is 16.2. The smallest absolute Gasteiger partial charge is 0.272 e. The molecule has 126 valence electrons. The fourth-order valence-electron chi connectivity index (χ4n) is 2.94. The van der Waals surface area contributed by atoms with E-state index in [1.807, 2.05) is 50.5 Å². The summed E-state index contributed by atoms with van der Waals surface area (Å²) in [6.07, 6.45) is 5.76. The van der Waals surface area contributed by atoms with Crippen LogP contribution in [0.5, 0.6) is 0 Å². The Hall–Kier alpha value is -3.02. The normalized spacial score (nSPS) is 14.3. The van der Waals surface area contributed by atoms with Crippen LogP contribution in [0, 0.1) is 6.92 Å². The molecule has 0 saturated heterocycles. The van der Waals surface area contributed by atoms with Crippen molar-refractivity contribution < 1.29 is 4.79 Å². The zero-order valence-electron chi connectivity index (χ0n) is 14.2. The predicted octanol–water partition coefficient (Wildman–Crippen LogP) is 2.92. The van der Waals surface area contributed by atoms with Gasteiger partial charge in [0, 0.05) is 35.8 Å². The maximum Gasteiger partial charge on any atom is 0.272 e. The molecule has 0 radical (unpaired) electrons. The van der Waals surface area contributed by atoms with Gasteiger partial charge in [-0.25, -0.2) is 5.43 Å². The SMILES string of the molecule is Cc1nn(C)cc1/C=N/NC(=O)c1cc(C2CC2)nc2ccccc12. The number of pyridine rings is 1. The first kappa shape index (κ1) is 15.5. The first-order valence-electron chi connectivity index (χ1n) is 8.35. The van der Waals surface area contributed by atoms with Gasteiger partial charge in [0.1, 0.15) is 0 Å². The maximum atomic E-state index is 12.7. The summed E-state index contributed by atoms with van der Waals surface area (Å²) in [5.74, 6) is 0.260. The molecule has 1 aliphatic rings. The molecule has 0 atom stereocenters. The summed E-state index contributed by atoms with van der Waals surface area (Å²) in [6.45, 7) is 1.90. The third-order valence-corrected chi connectivity index (χ3v) is 4.40. The van der Waals surface area contributed by atoms with Crippen molar-refractivity contribution in [2.24, 2.45) is 12.1 Å². The second kappa shape index (κ2) is 6.12. The fraction of sp³-hybridized carbons (Fsp3) is 0.263. The quantitative estimate of drug-likeness (QED) is 0.589. The first-order chi connectivity index (χ1) is 12.1. The summed E-state index contributed by atoms with van der Waals surface area (Å²) in [7, 11) is 1.85. The summed E-state index contributed by atoms with van der Waals surface area (Å²) < 4.78 is 1.72. The van der Waals surface area contributed by atoms with Crippen LogP contribution in [-0.2, 0) is 7.05 Å². The van der Waals surface area contributed by atoms with Crippen LogP contribution in [0.25, 0.3) is 10.9 Å². The lowest BCUT2D eigenvalue weighted by atomic mass is 10.1. The largest absolute Gasteiger partial charge is 0.275 e. The lowest BCUT2D eigenvalue weighted by Crippen LogP contribution is -2.18. The minimum atomic E-state index is -0.224. The Bertz CT molecular complexity index is 985. The number of nitrogens with one attached hydrogen (secondary N) is 1. The van der Waals surface area contributed by atoms with Gasteiger partial charge in [-0.15, -0.1) is 0 Å². The van der Waals surface area contributed by atoms with Crippen molar-refractivity contribution in [2.45, 2.75) is 25.7 Å². The number of para-hydroxylation sites is 1. The van der Waals surface area contributed by atoms with Gasteiger partial charge in [-0.2, -0.15) is 10.2 Å². The topological polar surface area (TPSA) is 72.2 Å². The van der Waals surface area contributed by atoms with E-state index in [0.29, 0.717) is 11.5 Å². The Morgan fingerprint density at radius 1 is 1.36 bits per heavy atom. The van der Waals surface area contributed by atoms with Crippen molar-refractivity contribution in [1.82, 2.24) is 20.2 Å². The number of fused-ring (bicyclic) bond motifs is 1. The zero-order chi connectivity index (χ0) is 17.4. The summed E-state index contributed by atoms with van der Waals surface area (Å²) >= 11 is 0. The number of carbonyl (C=O) groups excluding carboxylic acids is 1. The summed E-state index contributed by atoms with van der Waals surface area (Å²) in [6, 6.07) is 9.63. The summed E-state index contributed by atoms with van der Waals surface area (Å²) in [4.78, 5) is 17.4. The van der Waals surface area contributed by atoms with E-state index in [0.717, 1.165) is 40.7 Å². The van der Waals surface area contributed by atoms with Gasteiger partial charge < -0.3 is 0 Å². The van der Waals surface area contributed by atoms with E-state index in [2.05, 4.69) is 15.6 Å². The molecule has 1 aromatic carbocycles. The van der Waals surface area contributed by atoms with Crippen LogP contribution in [0.4, 0.5) is 0 Å². The molecule has 6 nitrogen and oxygen atoms in total. The lowest BCUT2D eigenvalue weighted by Gasteiger charge is -2.08. The molecule has 0 bridgehead atoms. The van der Waals surface area contributed by atoms with Crippen LogP contribution in [-0.4, -0.2) is 26.9 Å². The Labute approximate surface area is 145 Å². The molecule has 1 N–H and O–H groups in total. The minimum absolute atomic E-state index is 0.224. The average Bonchev–Trinajstić information content (AvgIpc) is 3.40. The molecular formula is C19H19N5O. The number of hydrazone groups is 1. The van der Waals surface area contributed by atoms with Crippen LogP contribution in [0.1, 0.15) is 46.1 Å². The molecule has 2 heterocycles. The number of aryl methyl sites for hydroxylation is 2. The van der Waals surface area contributed by atoms with Gasteiger partial charge >= 0.3 is 0 Å². The van der Waals surface area contributed by atoms with Gasteiger partial charge in [0.05, 0.1) is 23.0 Å². The number of aromatic nitrogens is 3. The maximum absolute atomic E-state index is 12.7. The van der Waals surface area contributed by atoms with Crippen LogP contribution in [0.2, 0.25) is 0 Å². The summed E-state index contributed by atoms with van der Waals surface area (Å²) in [5, 5.41) is 9.19. The first-order valence-corrected chi connectivity index (χ1v) is 8.35. The Kier molecular flexibility index (Phi) is 3.80. The number of benzene rings is 1. The van der Waals surface area contributed by atoms with Crippen LogP contribution < -0.4 is 5.43 Å². The molecule has 4 rings (SSSR count). The molecule has 1 saturated carbocycles. The average molecular weight is 333 g/mol. The standard InChI is InChI=1S/C19H19N5O/c1-12-14(11-24(2)23-12)10-20-22-19(25)16-9-18(13-7-8-13)21-17-6-4-3-5-15(16)17/h3-6,9-11,13H,7-8H2,1-2H3,(H,22,25)/b20-10+. The van der Waals surface area contributed by atoms with E-state index in [1.165, 1.54) is 0 Å². The van der Waals surface area contributed by atoms with E-state index in [-0.39, 0.29) is 5.91 Å². The van der Waals surface area contributed by atoms with E-state index < -0.39 is 0 Å². The van der Waals surface area contributed by atoms with Crippen molar-refractivity contribution in [3.8, 4) is 0 Å². The molecule has 2 aromatic heterocycles. The van der Waals surface area contributed by atoms with E-state index in [9.17, 15) is 4.79 Å². The van der Waals surface area contributed by atoms with Gasteiger partial charge in [0.2, 0.25) is 0 Å². The molecule has 0 aliphatic heterocycles. The third kappa shape index (κ3) is 3.15. The van der Waals surface area contributed by atoms with Crippen LogP contribution in [0.3, 0.4) is 0 Å².